The number of rotatable bonds is 2. The second-order valence-corrected chi connectivity index (χ2v) is 4.27. The lowest BCUT2D eigenvalue weighted by Gasteiger charge is -1.95. The summed E-state index contributed by atoms with van der Waals surface area (Å²) in [6.45, 7) is 0. The van der Waals surface area contributed by atoms with Gasteiger partial charge < -0.3 is 5.11 Å². The molecule has 1 N–H and O–H groups in total. The van der Waals surface area contributed by atoms with Gasteiger partial charge in [0, 0.05) is 0 Å². The van der Waals surface area contributed by atoms with Crippen molar-refractivity contribution in [2.75, 3.05) is 0 Å². The van der Waals surface area contributed by atoms with E-state index in [-0.39, 0.29) is 5.82 Å². The van der Waals surface area contributed by atoms with E-state index in [4.69, 9.17) is 5.11 Å². The number of carbonyl (C=O) groups is 1. The number of benzene rings is 1. The highest BCUT2D eigenvalue weighted by Gasteiger charge is 2.16. The largest absolute Gasteiger partial charge is 0.475 e. The highest BCUT2D eigenvalue weighted by molar-refractivity contribution is 7.20. The van der Waals surface area contributed by atoms with E-state index in [9.17, 15) is 4.79 Å². The Morgan fingerprint density at radius 2 is 2.18 bits per heavy atom. The molecule has 0 saturated carbocycles. The molecule has 2 heterocycles. The maximum atomic E-state index is 10.9. The van der Waals surface area contributed by atoms with Crippen LogP contribution < -0.4 is 0 Å². The second kappa shape index (κ2) is 3.63. The molecule has 0 unspecified atom stereocenters. The first-order valence-electron chi connectivity index (χ1n) is 4.75. The average molecular weight is 246 g/mol. The minimum atomic E-state index is -1.12. The number of thiazole rings is 1. The van der Waals surface area contributed by atoms with Crippen LogP contribution >= 0.6 is 11.3 Å². The predicted octanol–water partition coefficient (Wildman–Crippen LogP) is 1.58. The maximum absolute atomic E-state index is 10.9. The molecule has 0 spiro atoms. The molecule has 17 heavy (non-hydrogen) atoms. The van der Waals surface area contributed by atoms with Gasteiger partial charge in [0.05, 0.1) is 10.2 Å². The van der Waals surface area contributed by atoms with Crippen LogP contribution in [0.25, 0.3) is 15.3 Å². The van der Waals surface area contributed by atoms with Gasteiger partial charge in [-0.15, -0.1) is 0 Å². The van der Waals surface area contributed by atoms with Crippen LogP contribution in [0.2, 0.25) is 0 Å². The number of aromatic nitrogens is 4. The molecule has 0 amide bonds. The number of carboxylic acids is 1. The van der Waals surface area contributed by atoms with Gasteiger partial charge in [0.2, 0.25) is 11.0 Å². The first-order valence-corrected chi connectivity index (χ1v) is 5.56. The zero-order valence-electron chi connectivity index (χ0n) is 8.44. The van der Waals surface area contributed by atoms with E-state index in [2.05, 4.69) is 15.1 Å². The van der Waals surface area contributed by atoms with Gasteiger partial charge in [-0.3, -0.25) is 0 Å². The van der Waals surface area contributed by atoms with E-state index in [1.807, 2.05) is 24.3 Å². The van der Waals surface area contributed by atoms with E-state index in [1.165, 1.54) is 22.3 Å². The third kappa shape index (κ3) is 1.56. The van der Waals surface area contributed by atoms with Crippen LogP contribution in [0.1, 0.15) is 10.6 Å². The Bertz CT molecular complexity index is 670. The van der Waals surface area contributed by atoms with Crippen LogP contribution in [0, 0.1) is 0 Å². The highest BCUT2D eigenvalue weighted by Crippen LogP contribution is 2.24. The third-order valence-corrected chi connectivity index (χ3v) is 3.21. The molecule has 0 bridgehead atoms. The van der Waals surface area contributed by atoms with E-state index in [0.717, 1.165) is 10.2 Å². The van der Waals surface area contributed by atoms with Crippen LogP contribution in [-0.2, 0) is 0 Å². The molecule has 0 saturated heterocycles. The average Bonchev–Trinajstić information content (AvgIpc) is 2.95. The van der Waals surface area contributed by atoms with Crippen molar-refractivity contribution in [3.63, 3.8) is 0 Å². The molecule has 6 nitrogen and oxygen atoms in total. The molecular formula is C10H6N4O2S. The molecule has 0 aliphatic heterocycles. The zero-order chi connectivity index (χ0) is 11.8. The van der Waals surface area contributed by atoms with Crippen LogP contribution in [0.4, 0.5) is 0 Å². The van der Waals surface area contributed by atoms with Crippen molar-refractivity contribution >= 4 is 27.5 Å². The topological polar surface area (TPSA) is 80.9 Å². The summed E-state index contributed by atoms with van der Waals surface area (Å²) in [6.07, 6.45) is 1.20. The fourth-order valence-corrected chi connectivity index (χ4v) is 2.40. The summed E-state index contributed by atoms with van der Waals surface area (Å²) in [7, 11) is 0. The smallest absolute Gasteiger partial charge is 0.374 e. The highest BCUT2D eigenvalue weighted by atomic mass is 32.1. The Morgan fingerprint density at radius 3 is 2.94 bits per heavy atom. The minimum absolute atomic E-state index is 0.135. The SMILES string of the molecule is O=C(O)c1ncnn1-c1nc2ccccc2s1. The van der Waals surface area contributed by atoms with Gasteiger partial charge in [-0.1, -0.05) is 23.5 Å². The molecule has 7 heteroatoms. The second-order valence-electron chi connectivity index (χ2n) is 3.26. The molecule has 3 aromatic rings. The normalized spacial score (nSPS) is 10.8. The number of fused-ring (bicyclic) bond motifs is 1. The van der Waals surface area contributed by atoms with Gasteiger partial charge in [-0.05, 0) is 12.1 Å². The van der Waals surface area contributed by atoms with Crippen molar-refractivity contribution in [3.8, 4) is 5.13 Å². The standard InChI is InChI=1S/C10H6N4O2S/c15-9(16)8-11-5-12-14(8)10-13-6-3-1-2-4-7(6)17-10/h1-5H,(H,15,16). The molecule has 0 radical (unpaired) electrons. The van der Waals surface area contributed by atoms with Crippen LogP contribution in [0.15, 0.2) is 30.6 Å². The first-order chi connectivity index (χ1) is 8.25. The molecule has 0 aliphatic rings. The van der Waals surface area contributed by atoms with E-state index >= 15 is 0 Å². The number of nitrogens with zero attached hydrogens (tertiary/aromatic N) is 4. The summed E-state index contributed by atoms with van der Waals surface area (Å²) < 4.78 is 2.21. The van der Waals surface area contributed by atoms with E-state index in [0.29, 0.717) is 5.13 Å². The van der Waals surface area contributed by atoms with Gasteiger partial charge in [0.15, 0.2) is 0 Å². The lowest BCUT2D eigenvalue weighted by Crippen LogP contribution is -2.08. The summed E-state index contributed by atoms with van der Waals surface area (Å²) in [6, 6.07) is 7.58. The van der Waals surface area contributed by atoms with Gasteiger partial charge in [0.1, 0.15) is 6.33 Å². The summed E-state index contributed by atoms with van der Waals surface area (Å²) >= 11 is 1.37. The van der Waals surface area contributed by atoms with Crippen molar-refractivity contribution in [1.82, 2.24) is 19.7 Å². The van der Waals surface area contributed by atoms with E-state index < -0.39 is 5.97 Å². The Balaban J connectivity index is 2.20. The quantitative estimate of drug-likeness (QED) is 0.742. The number of hydrogen-bond donors (Lipinski definition) is 1. The maximum Gasteiger partial charge on any atom is 0.374 e. The minimum Gasteiger partial charge on any atom is -0.475 e. The van der Waals surface area contributed by atoms with Crippen molar-refractivity contribution in [2.24, 2.45) is 0 Å². The Hall–Kier alpha value is -2.28. The summed E-state index contributed by atoms with van der Waals surface area (Å²) in [4.78, 5) is 18.9. The summed E-state index contributed by atoms with van der Waals surface area (Å²) in [5.41, 5.74) is 0.819. The first kappa shape index (κ1) is 9.91. The van der Waals surface area contributed by atoms with Crippen LogP contribution in [-0.4, -0.2) is 30.8 Å². The molecular weight excluding hydrogens is 240 g/mol. The molecule has 0 fully saturated rings. The third-order valence-electron chi connectivity index (χ3n) is 2.20. The van der Waals surface area contributed by atoms with Crippen LogP contribution in [0.5, 0.6) is 0 Å². The number of aromatic carboxylic acids is 1. The van der Waals surface area contributed by atoms with Gasteiger partial charge in [-0.2, -0.15) is 9.78 Å². The van der Waals surface area contributed by atoms with Crippen molar-refractivity contribution in [3.05, 3.63) is 36.4 Å². The lowest BCUT2D eigenvalue weighted by molar-refractivity contribution is 0.0680. The number of carboxylic acid groups (broad SMARTS) is 1. The van der Waals surface area contributed by atoms with E-state index in [1.54, 1.807) is 0 Å². The van der Waals surface area contributed by atoms with Gasteiger partial charge >= 0.3 is 5.97 Å². The molecule has 1 aromatic carbocycles. The van der Waals surface area contributed by atoms with Crippen molar-refractivity contribution in [1.29, 1.82) is 0 Å². The monoisotopic (exact) mass is 246 g/mol. The molecule has 84 valence electrons. The zero-order valence-corrected chi connectivity index (χ0v) is 9.26. The van der Waals surface area contributed by atoms with Crippen molar-refractivity contribution < 1.29 is 9.90 Å². The fraction of sp³-hybridized carbons (Fsp3) is 0. The molecule has 0 aliphatic carbocycles. The Kier molecular flexibility index (Phi) is 2.12. The van der Waals surface area contributed by atoms with Gasteiger partial charge in [-0.25, -0.2) is 14.8 Å². The number of hydrogen-bond acceptors (Lipinski definition) is 5. The van der Waals surface area contributed by atoms with Gasteiger partial charge in [0.25, 0.3) is 0 Å². The fourth-order valence-electron chi connectivity index (χ4n) is 1.48. The van der Waals surface area contributed by atoms with Crippen molar-refractivity contribution in [2.45, 2.75) is 0 Å². The number of para-hydroxylation sites is 1. The summed E-state index contributed by atoms with van der Waals surface area (Å²) in [5.74, 6) is -1.26. The summed E-state index contributed by atoms with van der Waals surface area (Å²) in [5, 5.41) is 13.3. The molecule has 0 atom stereocenters. The lowest BCUT2D eigenvalue weighted by atomic mass is 10.3. The van der Waals surface area contributed by atoms with Crippen LogP contribution in [0.3, 0.4) is 0 Å². The molecule has 2 aromatic heterocycles. The predicted molar refractivity (Wildman–Crippen MR) is 61.5 cm³/mol. The Morgan fingerprint density at radius 1 is 1.35 bits per heavy atom. The Labute approximate surface area is 99.2 Å². The molecule has 3 rings (SSSR count).